The molecular formula is C15H19N3O2. The number of carboxylic acids is 1. The van der Waals surface area contributed by atoms with Gasteiger partial charge in [-0.25, -0.2) is 9.78 Å². The number of likely N-dealkylation sites (tertiary alicyclic amines) is 1. The second-order valence-corrected chi connectivity index (χ2v) is 5.51. The molecule has 1 fully saturated rings. The molecule has 1 N–H and O–H groups in total. The molecule has 2 heterocycles. The van der Waals surface area contributed by atoms with Gasteiger partial charge in [-0.1, -0.05) is 12.5 Å². The van der Waals surface area contributed by atoms with Crippen molar-refractivity contribution in [1.82, 2.24) is 14.5 Å². The molecule has 1 aromatic carbocycles. The zero-order valence-electron chi connectivity index (χ0n) is 11.6. The van der Waals surface area contributed by atoms with Crippen LogP contribution >= 0.6 is 0 Å². The van der Waals surface area contributed by atoms with Crippen LogP contribution in [0.15, 0.2) is 24.5 Å². The van der Waals surface area contributed by atoms with Gasteiger partial charge in [0.05, 0.1) is 17.4 Å². The number of hydrogen-bond donors (Lipinski definition) is 1. The maximum absolute atomic E-state index is 11.2. The summed E-state index contributed by atoms with van der Waals surface area (Å²) in [6, 6.07) is 5.84. The SMILES string of the molecule is CN1CCCCC1Cn1cnc2c(C(=O)O)cccc21. The Kier molecular flexibility index (Phi) is 3.44. The number of rotatable bonds is 3. The molecule has 0 bridgehead atoms. The third-order valence-electron chi connectivity index (χ3n) is 4.21. The van der Waals surface area contributed by atoms with Gasteiger partial charge in [0.2, 0.25) is 0 Å². The Morgan fingerprint density at radius 3 is 3.05 bits per heavy atom. The molecule has 1 atom stereocenters. The number of imidazole rings is 1. The van der Waals surface area contributed by atoms with Crippen LogP contribution in [0.3, 0.4) is 0 Å². The van der Waals surface area contributed by atoms with E-state index in [1.165, 1.54) is 19.3 Å². The zero-order chi connectivity index (χ0) is 14.1. The fraction of sp³-hybridized carbons (Fsp3) is 0.467. The van der Waals surface area contributed by atoms with Crippen LogP contribution < -0.4 is 0 Å². The number of aromatic carboxylic acids is 1. The Bertz CT molecular complexity index is 635. The monoisotopic (exact) mass is 273 g/mol. The summed E-state index contributed by atoms with van der Waals surface area (Å²) in [4.78, 5) is 17.9. The summed E-state index contributed by atoms with van der Waals surface area (Å²) in [7, 11) is 2.16. The number of para-hydroxylation sites is 1. The van der Waals surface area contributed by atoms with E-state index >= 15 is 0 Å². The second-order valence-electron chi connectivity index (χ2n) is 5.51. The van der Waals surface area contributed by atoms with Crippen molar-refractivity contribution < 1.29 is 9.90 Å². The third-order valence-corrected chi connectivity index (χ3v) is 4.21. The molecule has 1 aliphatic rings. The molecular weight excluding hydrogens is 254 g/mol. The summed E-state index contributed by atoms with van der Waals surface area (Å²) in [6.07, 6.45) is 5.48. The second kappa shape index (κ2) is 5.25. The number of fused-ring (bicyclic) bond motifs is 1. The van der Waals surface area contributed by atoms with E-state index < -0.39 is 5.97 Å². The van der Waals surface area contributed by atoms with Gasteiger partial charge in [-0.05, 0) is 38.6 Å². The molecule has 0 amide bonds. The first-order valence-corrected chi connectivity index (χ1v) is 7.04. The van der Waals surface area contributed by atoms with Crippen molar-refractivity contribution in [2.24, 2.45) is 0 Å². The maximum atomic E-state index is 11.2. The Morgan fingerprint density at radius 2 is 2.30 bits per heavy atom. The first-order valence-electron chi connectivity index (χ1n) is 7.04. The number of nitrogens with zero attached hydrogens (tertiary/aromatic N) is 3. The van der Waals surface area contributed by atoms with Gasteiger partial charge in [-0.2, -0.15) is 0 Å². The van der Waals surface area contributed by atoms with Crippen LogP contribution in [0, 0.1) is 0 Å². The molecule has 0 saturated carbocycles. The van der Waals surface area contributed by atoms with Crippen molar-refractivity contribution >= 4 is 17.0 Å². The summed E-state index contributed by atoms with van der Waals surface area (Å²) in [6.45, 7) is 2.01. The molecule has 3 rings (SSSR count). The lowest BCUT2D eigenvalue weighted by Gasteiger charge is -2.32. The lowest BCUT2D eigenvalue weighted by atomic mass is 10.0. The molecule has 0 radical (unpaired) electrons. The number of aromatic nitrogens is 2. The van der Waals surface area contributed by atoms with Crippen molar-refractivity contribution in [2.45, 2.75) is 31.8 Å². The van der Waals surface area contributed by atoms with Gasteiger partial charge in [-0.3, -0.25) is 0 Å². The smallest absolute Gasteiger partial charge is 0.337 e. The van der Waals surface area contributed by atoms with Crippen LogP contribution in [-0.4, -0.2) is 45.2 Å². The molecule has 1 unspecified atom stereocenters. The molecule has 0 spiro atoms. The average Bonchev–Trinajstić information content (AvgIpc) is 2.84. The molecule has 0 aliphatic carbocycles. The van der Waals surface area contributed by atoms with Crippen LogP contribution in [-0.2, 0) is 6.54 Å². The lowest BCUT2D eigenvalue weighted by Crippen LogP contribution is -2.39. The van der Waals surface area contributed by atoms with Crippen LogP contribution in [0.5, 0.6) is 0 Å². The van der Waals surface area contributed by atoms with Crippen molar-refractivity contribution in [2.75, 3.05) is 13.6 Å². The highest BCUT2D eigenvalue weighted by atomic mass is 16.4. The molecule has 1 aromatic heterocycles. The van der Waals surface area contributed by atoms with Crippen LogP contribution in [0.2, 0.25) is 0 Å². The average molecular weight is 273 g/mol. The highest BCUT2D eigenvalue weighted by Crippen LogP contribution is 2.21. The van der Waals surface area contributed by atoms with E-state index in [1.807, 2.05) is 6.07 Å². The van der Waals surface area contributed by atoms with E-state index in [0.29, 0.717) is 11.6 Å². The molecule has 5 nitrogen and oxygen atoms in total. The number of hydrogen-bond acceptors (Lipinski definition) is 3. The predicted molar refractivity (Wildman–Crippen MR) is 77.0 cm³/mol. The summed E-state index contributed by atoms with van der Waals surface area (Å²) in [5, 5.41) is 9.20. The number of carbonyl (C=O) groups is 1. The van der Waals surface area contributed by atoms with Gasteiger partial charge >= 0.3 is 5.97 Å². The Labute approximate surface area is 117 Å². The maximum Gasteiger partial charge on any atom is 0.337 e. The summed E-state index contributed by atoms with van der Waals surface area (Å²) in [5.41, 5.74) is 1.76. The van der Waals surface area contributed by atoms with Gasteiger partial charge in [0.25, 0.3) is 0 Å². The van der Waals surface area contributed by atoms with E-state index in [4.69, 9.17) is 0 Å². The number of carboxylic acid groups (broad SMARTS) is 1. The van der Waals surface area contributed by atoms with Crippen molar-refractivity contribution in [1.29, 1.82) is 0 Å². The quantitative estimate of drug-likeness (QED) is 0.931. The molecule has 5 heteroatoms. The highest BCUT2D eigenvalue weighted by molar-refractivity contribution is 6.00. The Balaban J connectivity index is 1.92. The minimum absolute atomic E-state index is 0.276. The van der Waals surface area contributed by atoms with Gasteiger partial charge in [0, 0.05) is 12.6 Å². The fourth-order valence-electron chi connectivity index (χ4n) is 3.01. The Hall–Kier alpha value is -1.88. The van der Waals surface area contributed by atoms with Crippen molar-refractivity contribution in [3.63, 3.8) is 0 Å². The van der Waals surface area contributed by atoms with E-state index in [0.717, 1.165) is 18.6 Å². The Morgan fingerprint density at radius 1 is 1.45 bits per heavy atom. The summed E-state index contributed by atoms with van der Waals surface area (Å²) < 4.78 is 2.08. The lowest BCUT2D eigenvalue weighted by molar-refractivity contribution is 0.0699. The normalized spacial score (nSPS) is 20.4. The van der Waals surface area contributed by atoms with Crippen LogP contribution in [0.25, 0.3) is 11.0 Å². The number of likely N-dealkylation sites (N-methyl/N-ethyl adjacent to an activating group) is 1. The largest absolute Gasteiger partial charge is 0.478 e. The van der Waals surface area contributed by atoms with Crippen molar-refractivity contribution in [3.8, 4) is 0 Å². The van der Waals surface area contributed by atoms with Gasteiger partial charge < -0.3 is 14.6 Å². The van der Waals surface area contributed by atoms with Crippen molar-refractivity contribution in [3.05, 3.63) is 30.1 Å². The number of benzene rings is 1. The standard InChI is InChI=1S/C15H19N3O2/c1-17-8-3-2-5-11(17)9-18-10-16-14-12(15(19)20)6-4-7-13(14)18/h4,6-7,10-11H,2-3,5,8-9H2,1H3,(H,19,20). The first kappa shape index (κ1) is 13.1. The van der Waals surface area contributed by atoms with E-state index in [1.54, 1.807) is 18.5 Å². The predicted octanol–water partition coefficient (Wildman–Crippen LogP) is 2.22. The van der Waals surface area contributed by atoms with Crippen LogP contribution in [0.1, 0.15) is 29.6 Å². The number of piperidine rings is 1. The molecule has 2 aromatic rings. The fourth-order valence-corrected chi connectivity index (χ4v) is 3.01. The minimum atomic E-state index is -0.921. The zero-order valence-corrected chi connectivity index (χ0v) is 11.6. The topological polar surface area (TPSA) is 58.4 Å². The van der Waals surface area contributed by atoms with E-state index in [-0.39, 0.29) is 5.56 Å². The minimum Gasteiger partial charge on any atom is -0.478 e. The van der Waals surface area contributed by atoms with Gasteiger partial charge in [0.1, 0.15) is 5.52 Å². The van der Waals surface area contributed by atoms with E-state index in [9.17, 15) is 9.90 Å². The highest BCUT2D eigenvalue weighted by Gasteiger charge is 2.20. The summed E-state index contributed by atoms with van der Waals surface area (Å²) in [5.74, 6) is -0.921. The van der Waals surface area contributed by atoms with Gasteiger partial charge in [0.15, 0.2) is 0 Å². The van der Waals surface area contributed by atoms with E-state index in [2.05, 4.69) is 21.5 Å². The molecule has 1 saturated heterocycles. The van der Waals surface area contributed by atoms with Crippen LogP contribution in [0.4, 0.5) is 0 Å². The van der Waals surface area contributed by atoms with Gasteiger partial charge in [-0.15, -0.1) is 0 Å². The summed E-state index contributed by atoms with van der Waals surface area (Å²) >= 11 is 0. The molecule has 20 heavy (non-hydrogen) atoms. The third kappa shape index (κ3) is 2.29. The first-order chi connectivity index (χ1) is 9.66. The molecule has 106 valence electrons. The molecule has 1 aliphatic heterocycles.